The Labute approximate surface area is 137 Å². The third-order valence-electron chi connectivity index (χ3n) is 3.93. The molecule has 9 N–H and O–H groups in total. The highest BCUT2D eigenvalue weighted by Gasteiger charge is 2.44. The summed E-state index contributed by atoms with van der Waals surface area (Å²) in [6, 6.07) is 0. The highest BCUT2D eigenvalue weighted by molar-refractivity contribution is 4.92. The Morgan fingerprint density at radius 1 is 0.792 bits per heavy atom. The van der Waals surface area contributed by atoms with Crippen LogP contribution in [0.5, 0.6) is 0 Å². The molecular weight excluding hydrogens is 332 g/mol. The summed E-state index contributed by atoms with van der Waals surface area (Å²) in [5.74, 6) is 0. The molecule has 0 aromatic heterocycles. The minimum absolute atomic E-state index is 0.502. The standard InChI is InChI=1S/C13H26O11/c14-1-5(17)9(19)13(6(18)2-15)23-4-8-11(21)12(22)10(20)7(3-16)24-8/h5-22H,1-4H2/t5?,6?,7?,8-,9?,10-,11?,12?,13?/m1/s1. The largest absolute Gasteiger partial charge is 0.394 e. The van der Waals surface area contributed by atoms with Crippen molar-refractivity contribution in [2.45, 2.75) is 54.9 Å². The summed E-state index contributed by atoms with van der Waals surface area (Å²) in [5.41, 5.74) is 0. The van der Waals surface area contributed by atoms with Crippen LogP contribution in [0.4, 0.5) is 0 Å². The second-order valence-corrected chi connectivity index (χ2v) is 5.66. The molecule has 0 amide bonds. The van der Waals surface area contributed by atoms with E-state index in [-0.39, 0.29) is 0 Å². The van der Waals surface area contributed by atoms with Crippen molar-refractivity contribution in [1.29, 1.82) is 0 Å². The predicted octanol–water partition coefficient (Wildman–Crippen LogP) is -5.72. The summed E-state index contributed by atoms with van der Waals surface area (Å²) in [6.07, 6.45) is -13.6. The van der Waals surface area contributed by atoms with E-state index in [1.54, 1.807) is 0 Å². The van der Waals surface area contributed by atoms with Crippen LogP contribution < -0.4 is 0 Å². The van der Waals surface area contributed by atoms with E-state index in [2.05, 4.69) is 0 Å². The van der Waals surface area contributed by atoms with Gasteiger partial charge in [0, 0.05) is 0 Å². The van der Waals surface area contributed by atoms with E-state index < -0.39 is 81.4 Å². The van der Waals surface area contributed by atoms with Crippen molar-refractivity contribution in [3.05, 3.63) is 0 Å². The molecule has 1 saturated heterocycles. The molecule has 0 spiro atoms. The second kappa shape index (κ2) is 9.89. The summed E-state index contributed by atoms with van der Waals surface area (Å²) < 4.78 is 10.4. The van der Waals surface area contributed by atoms with Crippen LogP contribution in [0.15, 0.2) is 0 Å². The first-order chi connectivity index (χ1) is 11.3. The molecule has 1 rings (SSSR count). The molecule has 7 unspecified atom stereocenters. The molecule has 1 heterocycles. The first-order valence-electron chi connectivity index (χ1n) is 7.46. The summed E-state index contributed by atoms with van der Waals surface area (Å²) >= 11 is 0. The smallest absolute Gasteiger partial charge is 0.114 e. The lowest BCUT2D eigenvalue weighted by molar-refractivity contribution is -0.249. The Morgan fingerprint density at radius 2 is 1.33 bits per heavy atom. The molecular formula is C13H26O11. The molecule has 11 heteroatoms. The van der Waals surface area contributed by atoms with E-state index in [1.165, 1.54) is 0 Å². The predicted molar refractivity (Wildman–Crippen MR) is 75.7 cm³/mol. The van der Waals surface area contributed by atoms with Gasteiger partial charge in [-0.05, 0) is 0 Å². The Bertz CT molecular complexity index is 355. The lowest BCUT2D eigenvalue weighted by Gasteiger charge is -2.40. The first-order valence-corrected chi connectivity index (χ1v) is 7.46. The van der Waals surface area contributed by atoms with Gasteiger partial charge in [0.15, 0.2) is 0 Å². The van der Waals surface area contributed by atoms with Crippen molar-refractivity contribution < 1.29 is 55.4 Å². The Kier molecular flexibility index (Phi) is 8.90. The van der Waals surface area contributed by atoms with Crippen molar-refractivity contribution in [3.63, 3.8) is 0 Å². The van der Waals surface area contributed by atoms with Gasteiger partial charge in [-0.25, -0.2) is 0 Å². The minimum atomic E-state index is -1.75. The molecule has 144 valence electrons. The molecule has 1 aliphatic heterocycles. The molecule has 1 fully saturated rings. The molecule has 0 saturated carbocycles. The van der Waals surface area contributed by atoms with E-state index in [1.807, 2.05) is 0 Å². The van der Waals surface area contributed by atoms with Crippen LogP contribution in [0.1, 0.15) is 0 Å². The number of aliphatic hydroxyl groups is 9. The van der Waals surface area contributed by atoms with Gasteiger partial charge in [0.05, 0.1) is 26.4 Å². The molecule has 0 radical (unpaired) electrons. The van der Waals surface area contributed by atoms with Gasteiger partial charge in [0.25, 0.3) is 0 Å². The van der Waals surface area contributed by atoms with Gasteiger partial charge in [0.1, 0.15) is 54.9 Å². The number of hydrogen-bond donors (Lipinski definition) is 9. The van der Waals surface area contributed by atoms with E-state index in [4.69, 9.17) is 24.8 Å². The van der Waals surface area contributed by atoms with Crippen LogP contribution in [-0.2, 0) is 9.47 Å². The van der Waals surface area contributed by atoms with Crippen LogP contribution in [0.25, 0.3) is 0 Å². The maximum Gasteiger partial charge on any atom is 0.114 e. The van der Waals surface area contributed by atoms with Gasteiger partial charge in [-0.3, -0.25) is 0 Å². The molecule has 0 aliphatic carbocycles. The Morgan fingerprint density at radius 3 is 1.83 bits per heavy atom. The summed E-state index contributed by atoms with van der Waals surface area (Å²) in [7, 11) is 0. The molecule has 0 aromatic rings. The molecule has 0 bridgehead atoms. The van der Waals surface area contributed by atoms with Crippen LogP contribution in [0, 0.1) is 0 Å². The zero-order valence-corrected chi connectivity index (χ0v) is 12.9. The van der Waals surface area contributed by atoms with Gasteiger partial charge >= 0.3 is 0 Å². The van der Waals surface area contributed by atoms with Crippen molar-refractivity contribution >= 4 is 0 Å². The van der Waals surface area contributed by atoms with E-state index >= 15 is 0 Å². The van der Waals surface area contributed by atoms with Crippen molar-refractivity contribution in [2.75, 3.05) is 26.4 Å². The quantitative estimate of drug-likeness (QED) is 0.190. The van der Waals surface area contributed by atoms with E-state index in [0.29, 0.717) is 0 Å². The fraction of sp³-hybridized carbons (Fsp3) is 1.00. The average molecular weight is 358 g/mol. The van der Waals surface area contributed by atoms with E-state index in [9.17, 15) is 30.6 Å². The van der Waals surface area contributed by atoms with Crippen LogP contribution >= 0.6 is 0 Å². The molecule has 9 atom stereocenters. The summed E-state index contributed by atoms with van der Waals surface area (Å²) in [6.45, 7) is -2.76. The van der Waals surface area contributed by atoms with Gasteiger partial charge in [-0.15, -0.1) is 0 Å². The fourth-order valence-electron chi connectivity index (χ4n) is 2.39. The summed E-state index contributed by atoms with van der Waals surface area (Å²) in [4.78, 5) is 0. The Hall–Kier alpha value is -0.440. The van der Waals surface area contributed by atoms with Crippen molar-refractivity contribution in [2.24, 2.45) is 0 Å². The zero-order valence-electron chi connectivity index (χ0n) is 12.9. The molecule has 0 aromatic carbocycles. The zero-order chi connectivity index (χ0) is 18.4. The molecule has 11 nitrogen and oxygen atoms in total. The van der Waals surface area contributed by atoms with E-state index in [0.717, 1.165) is 0 Å². The monoisotopic (exact) mass is 358 g/mol. The maximum atomic E-state index is 9.86. The third kappa shape index (κ3) is 5.03. The lowest BCUT2D eigenvalue weighted by Crippen LogP contribution is -2.60. The minimum Gasteiger partial charge on any atom is -0.394 e. The topological polar surface area (TPSA) is 201 Å². The summed E-state index contributed by atoms with van der Waals surface area (Å²) in [5, 5.41) is 85.0. The lowest BCUT2D eigenvalue weighted by atomic mass is 9.95. The number of aliphatic hydroxyl groups excluding tert-OH is 9. The van der Waals surface area contributed by atoms with Gasteiger partial charge in [-0.2, -0.15) is 0 Å². The van der Waals surface area contributed by atoms with Gasteiger partial charge in [-0.1, -0.05) is 0 Å². The number of ether oxygens (including phenoxy) is 2. The van der Waals surface area contributed by atoms with Crippen LogP contribution in [0.2, 0.25) is 0 Å². The number of rotatable bonds is 9. The number of hydrogen-bond acceptors (Lipinski definition) is 11. The van der Waals surface area contributed by atoms with Crippen molar-refractivity contribution in [3.8, 4) is 0 Å². The SMILES string of the molecule is OCC(O)C(O)C(OC[C@H]1OC(CO)[C@@H](O)C(O)C1O)C(O)CO. The maximum absolute atomic E-state index is 9.86. The third-order valence-corrected chi connectivity index (χ3v) is 3.93. The Balaban J connectivity index is 2.74. The normalized spacial score (nSPS) is 36.1. The van der Waals surface area contributed by atoms with Gasteiger partial charge < -0.3 is 55.4 Å². The average Bonchev–Trinajstić information content (AvgIpc) is 2.60. The van der Waals surface area contributed by atoms with Crippen LogP contribution in [0.3, 0.4) is 0 Å². The highest BCUT2D eigenvalue weighted by atomic mass is 16.6. The van der Waals surface area contributed by atoms with Crippen molar-refractivity contribution in [1.82, 2.24) is 0 Å². The first kappa shape index (κ1) is 21.6. The fourth-order valence-corrected chi connectivity index (χ4v) is 2.39. The van der Waals surface area contributed by atoms with Crippen LogP contribution in [-0.4, -0.2) is 127 Å². The molecule has 1 aliphatic rings. The molecule has 24 heavy (non-hydrogen) atoms. The van der Waals surface area contributed by atoms with Gasteiger partial charge in [0.2, 0.25) is 0 Å². The highest BCUT2D eigenvalue weighted by Crippen LogP contribution is 2.22. The second-order valence-electron chi connectivity index (χ2n) is 5.66.